The Morgan fingerprint density at radius 3 is 2.95 bits per heavy atom. The third kappa shape index (κ3) is 3.93. The van der Waals surface area contributed by atoms with Crippen molar-refractivity contribution in [1.29, 1.82) is 0 Å². The van der Waals surface area contributed by atoms with Crippen molar-refractivity contribution in [1.82, 2.24) is 15.5 Å². The zero-order valence-corrected chi connectivity index (χ0v) is 12.3. The van der Waals surface area contributed by atoms with Gasteiger partial charge in [-0.25, -0.2) is 0 Å². The van der Waals surface area contributed by atoms with Crippen LogP contribution in [0.3, 0.4) is 0 Å². The van der Waals surface area contributed by atoms with Crippen molar-refractivity contribution in [2.24, 2.45) is 0 Å². The van der Waals surface area contributed by atoms with E-state index in [9.17, 15) is 0 Å². The predicted molar refractivity (Wildman–Crippen MR) is 83.9 cm³/mol. The van der Waals surface area contributed by atoms with Gasteiger partial charge in [-0.15, -0.1) is 0 Å². The van der Waals surface area contributed by atoms with Gasteiger partial charge in [-0.3, -0.25) is 5.10 Å². The van der Waals surface area contributed by atoms with E-state index >= 15 is 0 Å². The second-order valence-electron chi connectivity index (χ2n) is 5.59. The summed E-state index contributed by atoms with van der Waals surface area (Å²) in [6, 6.07) is 10.3. The van der Waals surface area contributed by atoms with Crippen molar-refractivity contribution in [2.45, 2.75) is 38.3 Å². The fourth-order valence-corrected chi connectivity index (χ4v) is 2.82. The first-order chi connectivity index (χ1) is 10.4. The smallest absolute Gasteiger partial charge is 0.0695 e. The SMILES string of the molecule is c1ccc(-c2[nH]ncc2CNCCC2CCCCO2)cc1. The van der Waals surface area contributed by atoms with Crippen LogP contribution >= 0.6 is 0 Å². The standard InChI is InChI=1S/C17H23N3O/c1-2-6-14(7-3-1)17-15(13-19-20-17)12-18-10-9-16-8-4-5-11-21-16/h1-3,6-7,13,16,18H,4-5,8-12H2,(H,19,20). The lowest BCUT2D eigenvalue weighted by molar-refractivity contribution is 0.0115. The molecule has 0 aliphatic carbocycles. The molecule has 4 nitrogen and oxygen atoms in total. The van der Waals surface area contributed by atoms with Gasteiger partial charge in [0.15, 0.2) is 0 Å². The number of hydrogen-bond donors (Lipinski definition) is 2. The lowest BCUT2D eigenvalue weighted by Gasteiger charge is -2.22. The molecule has 3 rings (SSSR count). The number of benzene rings is 1. The molecule has 1 fully saturated rings. The fourth-order valence-electron chi connectivity index (χ4n) is 2.82. The number of nitrogens with zero attached hydrogens (tertiary/aromatic N) is 1. The highest BCUT2D eigenvalue weighted by molar-refractivity contribution is 5.62. The van der Waals surface area contributed by atoms with Gasteiger partial charge in [0.1, 0.15) is 0 Å². The Kier molecular flexibility index (Phi) is 5.03. The number of rotatable bonds is 6. The lowest BCUT2D eigenvalue weighted by Crippen LogP contribution is -2.25. The van der Waals surface area contributed by atoms with Crippen molar-refractivity contribution in [3.8, 4) is 11.3 Å². The Hall–Kier alpha value is -1.65. The van der Waals surface area contributed by atoms with Crippen LogP contribution in [0, 0.1) is 0 Å². The molecule has 1 aliphatic heterocycles. The van der Waals surface area contributed by atoms with Crippen LogP contribution in [0.2, 0.25) is 0 Å². The van der Waals surface area contributed by atoms with E-state index in [0.29, 0.717) is 6.10 Å². The Bertz CT molecular complexity index is 532. The van der Waals surface area contributed by atoms with E-state index in [1.165, 1.54) is 30.4 Å². The zero-order valence-electron chi connectivity index (χ0n) is 12.3. The molecule has 1 aliphatic rings. The third-order valence-electron chi connectivity index (χ3n) is 4.01. The van der Waals surface area contributed by atoms with E-state index < -0.39 is 0 Å². The molecule has 1 unspecified atom stereocenters. The highest BCUT2D eigenvalue weighted by Gasteiger charge is 2.13. The van der Waals surface area contributed by atoms with Gasteiger partial charge in [-0.05, 0) is 37.8 Å². The van der Waals surface area contributed by atoms with Crippen LogP contribution < -0.4 is 5.32 Å². The molecule has 2 aromatic rings. The normalized spacial score (nSPS) is 18.8. The minimum Gasteiger partial charge on any atom is -0.378 e. The summed E-state index contributed by atoms with van der Waals surface area (Å²) in [5.74, 6) is 0. The first-order valence-corrected chi connectivity index (χ1v) is 7.83. The number of ether oxygens (including phenoxy) is 1. The largest absolute Gasteiger partial charge is 0.378 e. The quantitative estimate of drug-likeness (QED) is 0.802. The summed E-state index contributed by atoms with van der Waals surface area (Å²) in [5, 5.41) is 10.8. The summed E-state index contributed by atoms with van der Waals surface area (Å²) < 4.78 is 5.75. The molecule has 1 aromatic carbocycles. The van der Waals surface area contributed by atoms with Gasteiger partial charge in [-0.1, -0.05) is 30.3 Å². The first kappa shape index (κ1) is 14.3. The van der Waals surface area contributed by atoms with Crippen LogP contribution in [-0.4, -0.2) is 29.5 Å². The zero-order chi connectivity index (χ0) is 14.3. The van der Waals surface area contributed by atoms with E-state index in [2.05, 4.69) is 27.6 Å². The molecule has 0 bridgehead atoms. The summed E-state index contributed by atoms with van der Waals surface area (Å²) in [6.07, 6.45) is 7.20. The van der Waals surface area contributed by atoms with E-state index in [4.69, 9.17) is 4.74 Å². The summed E-state index contributed by atoms with van der Waals surface area (Å²) in [6.45, 7) is 2.77. The Labute approximate surface area is 125 Å². The summed E-state index contributed by atoms with van der Waals surface area (Å²) in [7, 11) is 0. The minimum atomic E-state index is 0.448. The molecule has 0 spiro atoms. The maximum absolute atomic E-state index is 5.75. The highest BCUT2D eigenvalue weighted by atomic mass is 16.5. The third-order valence-corrected chi connectivity index (χ3v) is 4.01. The molecule has 2 heterocycles. The molecule has 0 saturated carbocycles. The molecule has 112 valence electrons. The van der Waals surface area contributed by atoms with E-state index in [1.54, 1.807) is 0 Å². The van der Waals surface area contributed by atoms with E-state index in [-0.39, 0.29) is 0 Å². The average molecular weight is 285 g/mol. The lowest BCUT2D eigenvalue weighted by atomic mass is 10.1. The molecule has 0 radical (unpaired) electrons. The summed E-state index contributed by atoms with van der Waals surface area (Å²) in [5.41, 5.74) is 3.50. The van der Waals surface area contributed by atoms with Gasteiger partial charge in [0.2, 0.25) is 0 Å². The van der Waals surface area contributed by atoms with Crippen LogP contribution in [0.1, 0.15) is 31.2 Å². The topological polar surface area (TPSA) is 49.9 Å². The Morgan fingerprint density at radius 1 is 1.24 bits per heavy atom. The minimum absolute atomic E-state index is 0.448. The van der Waals surface area contributed by atoms with Crippen molar-refractivity contribution in [3.63, 3.8) is 0 Å². The van der Waals surface area contributed by atoms with Crippen molar-refractivity contribution in [3.05, 3.63) is 42.1 Å². The summed E-state index contributed by atoms with van der Waals surface area (Å²) >= 11 is 0. The van der Waals surface area contributed by atoms with Crippen molar-refractivity contribution in [2.75, 3.05) is 13.2 Å². The monoisotopic (exact) mass is 285 g/mol. The van der Waals surface area contributed by atoms with Crippen molar-refractivity contribution >= 4 is 0 Å². The maximum atomic E-state index is 5.75. The molecule has 21 heavy (non-hydrogen) atoms. The fraction of sp³-hybridized carbons (Fsp3) is 0.471. The Balaban J connectivity index is 1.49. The van der Waals surface area contributed by atoms with Gasteiger partial charge >= 0.3 is 0 Å². The first-order valence-electron chi connectivity index (χ1n) is 7.83. The molecule has 1 aromatic heterocycles. The molecule has 2 N–H and O–H groups in total. The van der Waals surface area contributed by atoms with Gasteiger partial charge in [0.05, 0.1) is 18.0 Å². The van der Waals surface area contributed by atoms with E-state index in [1.807, 2.05) is 24.4 Å². The van der Waals surface area contributed by atoms with Crippen LogP contribution in [0.5, 0.6) is 0 Å². The van der Waals surface area contributed by atoms with Gasteiger partial charge in [-0.2, -0.15) is 5.10 Å². The number of hydrogen-bond acceptors (Lipinski definition) is 3. The number of aromatic nitrogens is 2. The Morgan fingerprint density at radius 2 is 2.14 bits per heavy atom. The van der Waals surface area contributed by atoms with Crippen LogP contribution in [-0.2, 0) is 11.3 Å². The van der Waals surface area contributed by atoms with Crippen molar-refractivity contribution < 1.29 is 4.74 Å². The maximum Gasteiger partial charge on any atom is 0.0695 e. The van der Waals surface area contributed by atoms with Gasteiger partial charge < -0.3 is 10.1 Å². The van der Waals surface area contributed by atoms with Crippen LogP contribution in [0.25, 0.3) is 11.3 Å². The number of nitrogens with one attached hydrogen (secondary N) is 2. The van der Waals surface area contributed by atoms with Gasteiger partial charge in [0.25, 0.3) is 0 Å². The van der Waals surface area contributed by atoms with E-state index in [0.717, 1.165) is 31.8 Å². The molecule has 0 amide bonds. The molecular formula is C17H23N3O. The molecular weight excluding hydrogens is 262 g/mol. The molecule has 1 saturated heterocycles. The summed E-state index contributed by atoms with van der Waals surface area (Å²) in [4.78, 5) is 0. The highest BCUT2D eigenvalue weighted by Crippen LogP contribution is 2.20. The predicted octanol–water partition coefficient (Wildman–Crippen LogP) is 3.13. The second-order valence-corrected chi connectivity index (χ2v) is 5.59. The number of aromatic amines is 1. The number of H-pyrrole nitrogens is 1. The van der Waals surface area contributed by atoms with Crippen LogP contribution in [0.4, 0.5) is 0 Å². The van der Waals surface area contributed by atoms with Gasteiger partial charge in [0, 0.05) is 18.7 Å². The van der Waals surface area contributed by atoms with Crippen LogP contribution in [0.15, 0.2) is 36.5 Å². The second kappa shape index (κ2) is 7.38. The average Bonchev–Trinajstić information content (AvgIpc) is 3.02. The molecule has 1 atom stereocenters. The molecule has 4 heteroatoms.